The Morgan fingerprint density at radius 1 is 0.960 bits per heavy atom. The van der Waals surface area contributed by atoms with E-state index in [1.165, 1.54) is 0 Å². The van der Waals surface area contributed by atoms with Crippen LogP contribution in [0.3, 0.4) is 0 Å². The summed E-state index contributed by atoms with van der Waals surface area (Å²) < 4.78 is 0.992. The molecule has 122 valence electrons. The number of para-hydroxylation sites is 1. The summed E-state index contributed by atoms with van der Waals surface area (Å²) in [5, 5.41) is 5.97. The lowest BCUT2D eigenvalue weighted by Gasteiger charge is -2.10. The van der Waals surface area contributed by atoms with E-state index < -0.39 is 0 Å². The maximum atomic E-state index is 12.9. The van der Waals surface area contributed by atoms with Crippen LogP contribution in [-0.4, -0.2) is 10.9 Å². The zero-order chi connectivity index (χ0) is 17.4. The van der Waals surface area contributed by atoms with Crippen molar-refractivity contribution in [3.63, 3.8) is 0 Å². The van der Waals surface area contributed by atoms with E-state index in [4.69, 9.17) is 0 Å². The van der Waals surface area contributed by atoms with E-state index in [2.05, 4.69) is 26.2 Å². The largest absolute Gasteiger partial charge is 0.320 e. The lowest BCUT2D eigenvalue weighted by molar-refractivity contribution is 0.102. The number of hydrogen-bond acceptors (Lipinski definition) is 2. The van der Waals surface area contributed by atoms with Gasteiger partial charge in [-0.2, -0.15) is 0 Å². The lowest BCUT2D eigenvalue weighted by Crippen LogP contribution is -2.13. The average molecular weight is 391 g/mol. The molecule has 1 aromatic heterocycles. The molecule has 0 aliphatic carbocycles. The molecule has 0 atom stereocenters. The van der Waals surface area contributed by atoms with Crippen LogP contribution in [0.5, 0.6) is 0 Å². The summed E-state index contributed by atoms with van der Waals surface area (Å²) in [7, 11) is 0. The lowest BCUT2D eigenvalue weighted by atomic mass is 10.0. The molecule has 1 amide bonds. The summed E-state index contributed by atoms with van der Waals surface area (Å²) in [4.78, 5) is 17.5. The molecule has 1 heterocycles. The third-order valence-corrected chi connectivity index (χ3v) is 4.69. The van der Waals surface area contributed by atoms with Crippen molar-refractivity contribution < 1.29 is 4.79 Å². The van der Waals surface area contributed by atoms with Crippen LogP contribution in [0, 0.1) is 6.92 Å². The van der Waals surface area contributed by atoms with Crippen LogP contribution in [0.4, 0.5) is 5.69 Å². The predicted molar refractivity (Wildman–Crippen MR) is 106 cm³/mol. The van der Waals surface area contributed by atoms with Gasteiger partial charge >= 0.3 is 0 Å². The van der Waals surface area contributed by atoms with E-state index in [9.17, 15) is 4.79 Å². The van der Waals surface area contributed by atoms with Crippen LogP contribution < -0.4 is 5.32 Å². The van der Waals surface area contributed by atoms with Crippen molar-refractivity contribution in [2.24, 2.45) is 0 Å². The minimum Gasteiger partial charge on any atom is -0.320 e. The van der Waals surface area contributed by atoms with Crippen LogP contribution in [0.15, 0.2) is 71.2 Å². The minimum atomic E-state index is -0.135. The van der Waals surface area contributed by atoms with Gasteiger partial charge in [-0.05, 0) is 48.0 Å². The molecule has 4 heteroatoms. The molecule has 0 spiro atoms. The number of aromatic nitrogens is 1. The zero-order valence-electron chi connectivity index (χ0n) is 13.6. The van der Waals surface area contributed by atoms with Gasteiger partial charge in [0.05, 0.1) is 11.2 Å². The van der Waals surface area contributed by atoms with Gasteiger partial charge < -0.3 is 5.32 Å². The first-order valence-corrected chi connectivity index (χ1v) is 8.77. The molecule has 1 N–H and O–H groups in total. The second-order valence-electron chi connectivity index (χ2n) is 5.96. The number of nitrogens with one attached hydrogen (secondary N) is 1. The molecule has 0 unspecified atom stereocenters. The van der Waals surface area contributed by atoms with Crippen molar-refractivity contribution in [2.45, 2.75) is 6.92 Å². The number of nitrogens with zero attached hydrogens (tertiary/aromatic N) is 1. The van der Waals surface area contributed by atoms with E-state index in [-0.39, 0.29) is 5.91 Å². The second kappa shape index (κ2) is 6.30. The first-order chi connectivity index (χ1) is 12.1. The highest BCUT2D eigenvalue weighted by Crippen LogP contribution is 2.26. The van der Waals surface area contributed by atoms with Gasteiger partial charge in [-0.1, -0.05) is 52.3 Å². The third kappa shape index (κ3) is 3.01. The molecule has 0 fully saturated rings. The topological polar surface area (TPSA) is 42.0 Å². The monoisotopic (exact) mass is 390 g/mol. The molecule has 0 aliphatic rings. The van der Waals surface area contributed by atoms with Gasteiger partial charge in [0.1, 0.15) is 0 Å². The summed E-state index contributed by atoms with van der Waals surface area (Å²) in [6.07, 6.45) is 0. The van der Waals surface area contributed by atoms with Crippen molar-refractivity contribution in [1.29, 1.82) is 0 Å². The van der Waals surface area contributed by atoms with Gasteiger partial charge in [0.25, 0.3) is 5.91 Å². The maximum Gasteiger partial charge on any atom is 0.256 e. The van der Waals surface area contributed by atoms with Crippen molar-refractivity contribution in [2.75, 3.05) is 5.32 Å². The number of carbonyl (C=O) groups excluding carboxylic acids is 1. The number of rotatable bonds is 2. The third-order valence-electron chi connectivity index (χ3n) is 4.19. The predicted octanol–water partition coefficient (Wildman–Crippen LogP) is 5.71. The van der Waals surface area contributed by atoms with E-state index in [1.54, 1.807) is 0 Å². The number of amides is 1. The summed E-state index contributed by atoms with van der Waals surface area (Å²) >= 11 is 3.47. The SMILES string of the molecule is Cc1ccc2cccc(NC(=O)c3cccc4cc(Br)ccc34)c2n1. The highest BCUT2D eigenvalue weighted by atomic mass is 79.9. The van der Waals surface area contributed by atoms with E-state index in [0.29, 0.717) is 5.56 Å². The molecule has 3 aromatic carbocycles. The Labute approximate surface area is 153 Å². The molecule has 0 bridgehead atoms. The van der Waals surface area contributed by atoms with Crippen LogP contribution in [-0.2, 0) is 0 Å². The highest BCUT2D eigenvalue weighted by Gasteiger charge is 2.12. The molecule has 4 aromatic rings. The Morgan fingerprint density at radius 2 is 1.76 bits per heavy atom. The van der Waals surface area contributed by atoms with Crippen LogP contribution in [0.25, 0.3) is 21.7 Å². The number of pyridine rings is 1. The number of aryl methyl sites for hydroxylation is 1. The second-order valence-corrected chi connectivity index (χ2v) is 6.87. The fraction of sp³-hybridized carbons (Fsp3) is 0.0476. The fourth-order valence-corrected chi connectivity index (χ4v) is 3.37. The molecular weight excluding hydrogens is 376 g/mol. The Bertz CT molecular complexity index is 1120. The van der Waals surface area contributed by atoms with Gasteiger partial charge in [-0.15, -0.1) is 0 Å². The van der Waals surface area contributed by atoms with Gasteiger partial charge in [-0.25, -0.2) is 0 Å². The normalized spacial score (nSPS) is 11.0. The van der Waals surface area contributed by atoms with E-state index in [0.717, 1.165) is 37.5 Å². The summed E-state index contributed by atoms with van der Waals surface area (Å²) in [6, 6.07) is 21.4. The molecular formula is C21H15BrN2O. The number of carbonyl (C=O) groups is 1. The number of anilines is 1. The average Bonchev–Trinajstić information content (AvgIpc) is 2.61. The Kier molecular flexibility index (Phi) is 3.98. The highest BCUT2D eigenvalue weighted by molar-refractivity contribution is 9.10. The number of hydrogen-bond donors (Lipinski definition) is 1. The summed E-state index contributed by atoms with van der Waals surface area (Å²) in [6.45, 7) is 1.95. The number of benzene rings is 3. The van der Waals surface area contributed by atoms with Crippen molar-refractivity contribution in [1.82, 2.24) is 4.98 Å². The molecule has 0 radical (unpaired) electrons. The zero-order valence-corrected chi connectivity index (χ0v) is 15.2. The molecule has 0 aliphatic heterocycles. The molecule has 0 saturated heterocycles. The van der Waals surface area contributed by atoms with Crippen molar-refractivity contribution in [3.8, 4) is 0 Å². The Balaban J connectivity index is 1.78. The van der Waals surface area contributed by atoms with Crippen LogP contribution in [0.1, 0.15) is 16.1 Å². The van der Waals surface area contributed by atoms with E-state index in [1.807, 2.05) is 73.7 Å². The van der Waals surface area contributed by atoms with Crippen LogP contribution in [0.2, 0.25) is 0 Å². The summed E-state index contributed by atoms with van der Waals surface area (Å²) in [5.74, 6) is -0.135. The summed E-state index contributed by atoms with van der Waals surface area (Å²) in [5.41, 5.74) is 3.10. The van der Waals surface area contributed by atoms with Gasteiger partial charge in [0, 0.05) is 21.1 Å². The van der Waals surface area contributed by atoms with Gasteiger partial charge in [0.15, 0.2) is 0 Å². The minimum absolute atomic E-state index is 0.135. The number of halogens is 1. The van der Waals surface area contributed by atoms with E-state index >= 15 is 0 Å². The van der Waals surface area contributed by atoms with Gasteiger partial charge in [0.2, 0.25) is 0 Å². The molecule has 4 rings (SSSR count). The smallest absolute Gasteiger partial charge is 0.256 e. The maximum absolute atomic E-state index is 12.9. The first-order valence-electron chi connectivity index (χ1n) is 7.98. The van der Waals surface area contributed by atoms with Crippen molar-refractivity contribution >= 4 is 49.2 Å². The van der Waals surface area contributed by atoms with Gasteiger partial charge in [-0.3, -0.25) is 9.78 Å². The quantitative estimate of drug-likeness (QED) is 0.476. The molecule has 0 saturated carbocycles. The first kappa shape index (κ1) is 15.8. The fourth-order valence-electron chi connectivity index (χ4n) is 2.99. The van der Waals surface area contributed by atoms with Crippen LogP contribution >= 0.6 is 15.9 Å². The molecule has 25 heavy (non-hydrogen) atoms. The standard InChI is InChI=1S/C21H15BrN2O/c1-13-8-9-14-4-3-7-19(20(14)23-13)24-21(25)18-6-2-5-15-12-16(22)10-11-17(15)18/h2-12H,1H3,(H,24,25). The molecule has 3 nitrogen and oxygen atoms in total. The van der Waals surface area contributed by atoms with Crippen molar-refractivity contribution in [3.05, 3.63) is 82.5 Å². The Morgan fingerprint density at radius 3 is 2.64 bits per heavy atom. The number of fused-ring (bicyclic) bond motifs is 2. The Hall–Kier alpha value is -2.72.